The predicted molar refractivity (Wildman–Crippen MR) is 57.3 cm³/mol. The maximum absolute atomic E-state index is 5.41. The Morgan fingerprint density at radius 2 is 1.71 bits per heavy atom. The summed E-state index contributed by atoms with van der Waals surface area (Å²) >= 11 is 0. The minimum atomic E-state index is -0.231. The zero-order valence-corrected chi connectivity index (χ0v) is 13.3. The molecule has 105 valence electrons. The van der Waals surface area contributed by atoms with Crippen molar-refractivity contribution < 1.29 is 51.0 Å². The second kappa shape index (κ2) is 14.6. The summed E-state index contributed by atoms with van der Waals surface area (Å²) in [7, 11) is 0. The van der Waals surface area contributed by atoms with Crippen LogP contribution in [0.5, 0.6) is 0 Å². The summed E-state index contributed by atoms with van der Waals surface area (Å²) in [5.74, 6) is 0. The van der Waals surface area contributed by atoms with Crippen LogP contribution < -0.4 is 61.4 Å². The van der Waals surface area contributed by atoms with Gasteiger partial charge in [-0.25, -0.2) is 0 Å². The molecule has 9 heteroatoms. The smallest absolute Gasteiger partial charge is 1.00 e. The Morgan fingerprint density at radius 1 is 1.12 bits per heavy atom. The van der Waals surface area contributed by atoms with Gasteiger partial charge >= 0.3 is 17.1 Å². The monoisotopic (exact) mass is 419 g/mol. The number of rotatable bonds is 0. The van der Waals surface area contributed by atoms with E-state index in [1.165, 1.54) is 6.42 Å². The molecule has 1 fully saturated rings. The minimum Gasteiger partial charge on any atom is -1.00 e. The standard InChI is InChI=1S/C4H11N3.C4H7N3.2BrH.Cu/c2*5-4-6-2-1-3-7-4;;;/h4,6-7H,1-3,5H2;1-4,6H,5H2;2*1H;/q;;;;+2/p-2. The van der Waals surface area contributed by atoms with E-state index in [1.54, 1.807) is 18.5 Å². The van der Waals surface area contributed by atoms with E-state index in [0.29, 0.717) is 0 Å². The van der Waals surface area contributed by atoms with Crippen LogP contribution in [0.3, 0.4) is 0 Å². The van der Waals surface area contributed by atoms with Crippen molar-refractivity contribution in [1.82, 2.24) is 16.0 Å². The van der Waals surface area contributed by atoms with Gasteiger partial charge in [-0.15, -0.1) is 0 Å². The van der Waals surface area contributed by atoms with E-state index >= 15 is 0 Å². The molecule has 2 aliphatic heterocycles. The molecule has 1 unspecified atom stereocenters. The van der Waals surface area contributed by atoms with Crippen LogP contribution in [-0.4, -0.2) is 31.9 Å². The Morgan fingerprint density at radius 3 is 1.94 bits per heavy atom. The maximum atomic E-state index is 5.41. The summed E-state index contributed by atoms with van der Waals surface area (Å²) in [5.41, 5.74) is 10.7. The number of hydrogen-bond acceptors (Lipinski definition) is 6. The average Bonchev–Trinajstić information content (AvgIpc) is 2.21. The van der Waals surface area contributed by atoms with Gasteiger partial charge in [-0.1, -0.05) is 0 Å². The number of halogens is 2. The van der Waals surface area contributed by atoms with Crippen LogP contribution in [0.25, 0.3) is 0 Å². The van der Waals surface area contributed by atoms with Crippen LogP contribution in [0.4, 0.5) is 0 Å². The van der Waals surface area contributed by atoms with Gasteiger partial charge in [0.15, 0.2) is 6.29 Å². The van der Waals surface area contributed by atoms with Crippen LogP contribution in [0.2, 0.25) is 0 Å². The van der Waals surface area contributed by atoms with E-state index < -0.39 is 0 Å². The number of aliphatic imine (C=N–C) groups is 1. The fourth-order valence-corrected chi connectivity index (χ4v) is 1.06. The van der Waals surface area contributed by atoms with Gasteiger partial charge in [-0.2, -0.15) is 0 Å². The minimum absolute atomic E-state index is 0. The molecule has 1 atom stereocenters. The van der Waals surface area contributed by atoms with E-state index in [0.717, 1.165) is 13.1 Å². The molecule has 0 amide bonds. The van der Waals surface area contributed by atoms with E-state index in [2.05, 4.69) is 20.9 Å². The SMILES string of the molecule is NC1N=CC=CN1.NC1NCCCN1.[Br-].[Br-].[Cu+2]. The molecule has 2 aliphatic rings. The molecular weight excluding hydrogens is 403 g/mol. The molecule has 0 aromatic rings. The molecule has 17 heavy (non-hydrogen) atoms. The van der Waals surface area contributed by atoms with Crippen molar-refractivity contribution in [1.29, 1.82) is 0 Å². The first-order valence-electron chi connectivity index (χ1n) is 4.71. The summed E-state index contributed by atoms with van der Waals surface area (Å²) in [4.78, 5) is 3.78. The maximum Gasteiger partial charge on any atom is 2.00 e. The van der Waals surface area contributed by atoms with Crippen molar-refractivity contribution in [3.05, 3.63) is 12.3 Å². The number of nitrogens with one attached hydrogen (secondary N) is 3. The van der Waals surface area contributed by atoms with Crippen molar-refractivity contribution in [2.75, 3.05) is 13.1 Å². The summed E-state index contributed by atoms with van der Waals surface area (Å²) in [6.07, 6.45) is 6.22. The summed E-state index contributed by atoms with van der Waals surface area (Å²) < 4.78 is 0. The molecule has 0 saturated carbocycles. The molecule has 0 spiro atoms. The van der Waals surface area contributed by atoms with Crippen LogP contribution in [-0.2, 0) is 17.1 Å². The molecule has 0 aromatic heterocycles. The number of nitrogens with zero attached hydrogens (tertiary/aromatic N) is 1. The van der Waals surface area contributed by atoms with Gasteiger partial charge < -0.3 is 45.0 Å². The second-order valence-electron chi connectivity index (χ2n) is 3.01. The van der Waals surface area contributed by atoms with E-state index in [-0.39, 0.29) is 63.6 Å². The van der Waals surface area contributed by atoms with Crippen molar-refractivity contribution in [2.24, 2.45) is 16.5 Å². The van der Waals surface area contributed by atoms with Gasteiger partial charge in [0.2, 0.25) is 0 Å². The van der Waals surface area contributed by atoms with E-state index in [9.17, 15) is 0 Å². The number of allylic oxidation sites excluding steroid dienone is 1. The number of nitrogens with two attached hydrogens (primary N) is 2. The molecule has 1 saturated heterocycles. The molecule has 2 rings (SSSR count). The van der Waals surface area contributed by atoms with Crippen LogP contribution in [0.15, 0.2) is 17.3 Å². The third-order valence-corrected chi connectivity index (χ3v) is 1.78. The summed E-state index contributed by atoms with van der Waals surface area (Å²) in [6.45, 7) is 2.10. The van der Waals surface area contributed by atoms with Gasteiger partial charge in [0.25, 0.3) is 0 Å². The Balaban J connectivity index is -0.000000196. The first-order valence-corrected chi connectivity index (χ1v) is 4.71. The number of hydrogen-bond donors (Lipinski definition) is 5. The molecule has 1 radical (unpaired) electrons. The van der Waals surface area contributed by atoms with Crippen molar-refractivity contribution >= 4 is 6.21 Å². The fraction of sp³-hybridized carbons (Fsp3) is 0.625. The molecule has 0 aliphatic carbocycles. The Labute approximate surface area is 133 Å². The fourth-order valence-electron chi connectivity index (χ4n) is 1.06. The summed E-state index contributed by atoms with van der Waals surface area (Å²) in [5, 5.41) is 8.88. The Hall–Kier alpha value is 0.529. The molecule has 6 nitrogen and oxygen atoms in total. The third-order valence-electron chi connectivity index (χ3n) is 1.78. The zero-order chi connectivity index (χ0) is 10.2. The zero-order valence-electron chi connectivity index (χ0n) is 9.17. The molecular formula is C8H18Br2CuN6. The molecule has 0 bridgehead atoms. The first kappa shape index (κ1) is 22.7. The second-order valence-corrected chi connectivity index (χ2v) is 3.01. The predicted octanol–water partition coefficient (Wildman–Crippen LogP) is -7.77. The molecule has 2 heterocycles. The summed E-state index contributed by atoms with van der Waals surface area (Å²) in [6, 6.07) is 0. The van der Waals surface area contributed by atoms with Gasteiger partial charge in [0.05, 0.1) is 0 Å². The average molecular weight is 422 g/mol. The molecule has 0 aromatic carbocycles. The van der Waals surface area contributed by atoms with Crippen molar-refractivity contribution in [3.8, 4) is 0 Å². The first-order chi connectivity index (χ1) is 6.79. The van der Waals surface area contributed by atoms with Crippen molar-refractivity contribution in [3.63, 3.8) is 0 Å². The van der Waals surface area contributed by atoms with Crippen LogP contribution in [0.1, 0.15) is 6.42 Å². The van der Waals surface area contributed by atoms with Crippen LogP contribution in [0, 0.1) is 0 Å². The van der Waals surface area contributed by atoms with Crippen LogP contribution >= 0.6 is 0 Å². The largest absolute Gasteiger partial charge is 2.00 e. The quantitative estimate of drug-likeness (QED) is 0.250. The van der Waals surface area contributed by atoms with Crippen molar-refractivity contribution in [2.45, 2.75) is 19.0 Å². The van der Waals surface area contributed by atoms with Gasteiger partial charge in [-0.3, -0.25) is 21.4 Å². The van der Waals surface area contributed by atoms with E-state index in [4.69, 9.17) is 11.5 Å². The Bertz CT molecular complexity index is 210. The topological polar surface area (TPSA) is 100 Å². The molecule has 7 N–H and O–H groups in total. The van der Waals surface area contributed by atoms with Gasteiger partial charge in [0, 0.05) is 12.4 Å². The third kappa shape index (κ3) is 12.8. The van der Waals surface area contributed by atoms with Gasteiger partial charge in [0.1, 0.15) is 6.29 Å². The van der Waals surface area contributed by atoms with Gasteiger partial charge in [-0.05, 0) is 25.6 Å². The van der Waals surface area contributed by atoms with E-state index in [1.807, 2.05) is 0 Å². The normalized spacial score (nSPS) is 21.6. The Kier molecular flexibility index (Phi) is 19.5.